The van der Waals surface area contributed by atoms with E-state index in [0.29, 0.717) is 6.54 Å². The quantitative estimate of drug-likeness (QED) is 0.254. The highest BCUT2D eigenvalue weighted by Crippen LogP contribution is 2.22. The van der Waals surface area contributed by atoms with Crippen LogP contribution in [0.5, 0.6) is 0 Å². The van der Waals surface area contributed by atoms with E-state index >= 15 is 0 Å². The number of nitrogens with one attached hydrogen (secondary N) is 2. The number of thioether (sulfide) groups is 1. The maximum absolute atomic E-state index is 11.4. The smallest absolute Gasteiger partial charge is 0.221 e. The van der Waals surface area contributed by atoms with Crippen molar-refractivity contribution in [2.45, 2.75) is 44.6 Å². The van der Waals surface area contributed by atoms with E-state index in [1.165, 1.54) is 16.0 Å². The van der Waals surface area contributed by atoms with Crippen LogP contribution in [0.3, 0.4) is 0 Å². The first-order valence-corrected chi connectivity index (χ1v) is 11.4. The third kappa shape index (κ3) is 7.36. The molecule has 0 bridgehead atoms. The summed E-state index contributed by atoms with van der Waals surface area (Å²) in [6.07, 6.45) is 5.10. The van der Waals surface area contributed by atoms with Gasteiger partial charge in [0.05, 0.1) is 12.5 Å². The average molecular weight is 406 g/mol. The molecule has 1 heterocycles. The molecule has 1 amide bonds. The van der Waals surface area contributed by atoms with E-state index in [0.717, 1.165) is 57.9 Å². The van der Waals surface area contributed by atoms with Gasteiger partial charge in [-0.15, -0.1) is 11.8 Å². The minimum Gasteiger partial charge on any atom is -0.369 e. The number of aryl methyl sites for hydroxylation is 1. The van der Waals surface area contributed by atoms with E-state index in [1.807, 2.05) is 0 Å². The summed E-state index contributed by atoms with van der Waals surface area (Å²) in [6.45, 7) is 9.38. The van der Waals surface area contributed by atoms with Crippen LogP contribution in [-0.2, 0) is 11.3 Å². The summed E-state index contributed by atoms with van der Waals surface area (Å²) in [5.74, 6) is 0.703. The van der Waals surface area contributed by atoms with E-state index in [2.05, 4.69) is 53.8 Å². The highest BCUT2D eigenvalue weighted by molar-refractivity contribution is 7.98. The molecule has 1 aromatic rings. The molecule has 0 radical (unpaired) electrons. The van der Waals surface area contributed by atoms with Crippen LogP contribution >= 0.6 is 11.8 Å². The van der Waals surface area contributed by atoms with E-state index in [-0.39, 0.29) is 11.8 Å². The predicted octanol–water partition coefficient (Wildman–Crippen LogP) is 2.36. The van der Waals surface area contributed by atoms with Gasteiger partial charge < -0.3 is 21.3 Å². The van der Waals surface area contributed by atoms with Crippen LogP contribution in [-0.4, -0.2) is 55.7 Å². The first-order valence-electron chi connectivity index (χ1n) is 10.2. The topological polar surface area (TPSA) is 82.8 Å². The van der Waals surface area contributed by atoms with Crippen LogP contribution in [0.1, 0.15) is 37.3 Å². The Morgan fingerprint density at radius 3 is 2.93 bits per heavy atom. The van der Waals surface area contributed by atoms with Gasteiger partial charge in [-0.05, 0) is 69.6 Å². The lowest BCUT2D eigenvalue weighted by Crippen LogP contribution is -2.43. The van der Waals surface area contributed by atoms with E-state index < -0.39 is 0 Å². The van der Waals surface area contributed by atoms with Crippen molar-refractivity contribution in [3.8, 4) is 0 Å². The van der Waals surface area contributed by atoms with Gasteiger partial charge >= 0.3 is 0 Å². The Kier molecular flexibility index (Phi) is 9.64. The standard InChI is InChI=1S/C21H35N5OS/c1-4-23-21(25-14-17-9-8-16(2)13-19(17)28-3)24-10-6-12-26-11-5-7-18(15-26)20(22)27/h8-9,13,18H,4-7,10-12,14-15H2,1-3H3,(H2,22,27)(H2,23,24,25). The number of nitrogens with zero attached hydrogens (tertiary/aromatic N) is 2. The fourth-order valence-electron chi connectivity index (χ4n) is 3.49. The van der Waals surface area contributed by atoms with Crippen LogP contribution in [0, 0.1) is 12.8 Å². The Hall–Kier alpha value is -1.73. The maximum Gasteiger partial charge on any atom is 0.221 e. The Labute approximate surface area is 173 Å². The third-order valence-corrected chi connectivity index (χ3v) is 5.87. The minimum atomic E-state index is -0.162. The molecule has 156 valence electrons. The summed E-state index contributed by atoms with van der Waals surface area (Å²) in [4.78, 5) is 19.8. The highest BCUT2D eigenvalue weighted by Gasteiger charge is 2.23. The molecule has 1 fully saturated rings. The summed E-state index contributed by atoms with van der Waals surface area (Å²) in [5.41, 5.74) is 7.99. The first kappa shape index (κ1) is 22.6. The number of guanidine groups is 1. The number of likely N-dealkylation sites (tertiary alicyclic amines) is 1. The zero-order valence-corrected chi connectivity index (χ0v) is 18.3. The van der Waals surface area contributed by atoms with Crippen LogP contribution in [0.2, 0.25) is 0 Å². The van der Waals surface area contributed by atoms with E-state index in [9.17, 15) is 4.79 Å². The number of carbonyl (C=O) groups is 1. The van der Waals surface area contributed by atoms with Crippen molar-refractivity contribution in [3.05, 3.63) is 29.3 Å². The first-order chi connectivity index (χ1) is 13.5. The predicted molar refractivity (Wildman–Crippen MR) is 119 cm³/mol. The monoisotopic (exact) mass is 405 g/mol. The average Bonchev–Trinajstić information content (AvgIpc) is 2.70. The largest absolute Gasteiger partial charge is 0.369 e. The molecule has 1 aliphatic heterocycles. The molecule has 0 saturated carbocycles. The summed E-state index contributed by atoms with van der Waals surface area (Å²) < 4.78 is 0. The van der Waals surface area contributed by atoms with Crippen molar-refractivity contribution >= 4 is 23.6 Å². The second-order valence-corrected chi connectivity index (χ2v) is 8.18. The summed E-state index contributed by atoms with van der Waals surface area (Å²) >= 11 is 1.77. The van der Waals surface area contributed by atoms with Crippen molar-refractivity contribution < 1.29 is 4.79 Å². The number of piperidine rings is 1. The van der Waals surface area contributed by atoms with Crippen molar-refractivity contribution in [1.29, 1.82) is 0 Å². The number of aliphatic imine (C=N–C) groups is 1. The highest BCUT2D eigenvalue weighted by atomic mass is 32.2. The summed E-state index contributed by atoms with van der Waals surface area (Å²) in [7, 11) is 0. The molecular weight excluding hydrogens is 370 g/mol. The fourth-order valence-corrected chi connectivity index (χ4v) is 4.19. The van der Waals surface area contributed by atoms with Crippen molar-refractivity contribution in [2.24, 2.45) is 16.6 Å². The van der Waals surface area contributed by atoms with Crippen molar-refractivity contribution in [1.82, 2.24) is 15.5 Å². The lowest BCUT2D eigenvalue weighted by molar-refractivity contribution is -0.123. The van der Waals surface area contributed by atoms with Crippen molar-refractivity contribution in [3.63, 3.8) is 0 Å². The van der Waals surface area contributed by atoms with Crippen molar-refractivity contribution in [2.75, 3.05) is 39.0 Å². The van der Waals surface area contributed by atoms with Crippen LogP contribution in [0.4, 0.5) is 0 Å². The van der Waals surface area contributed by atoms with Gasteiger partial charge in [-0.2, -0.15) is 0 Å². The van der Waals surface area contributed by atoms with Gasteiger partial charge in [-0.3, -0.25) is 4.79 Å². The molecule has 1 aliphatic rings. The number of nitrogens with two attached hydrogens (primary N) is 1. The van der Waals surface area contributed by atoms with Gasteiger partial charge in [-0.1, -0.05) is 12.1 Å². The van der Waals surface area contributed by atoms with Gasteiger partial charge in [0, 0.05) is 24.5 Å². The second-order valence-electron chi connectivity index (χ2n) is 7.33. The molecule has 2 rings (SSSR count). The van der Waals surface area contributed by atoms with E-state index in [1.54, 1.807) is 11.8 Å². The Morgan fingerprint density at radius 2 is 2.21 bits per heavy atom. The minimum absolute atomic E-state index is 0.0146. The normalized spacial score (nSPS) is 18.1. The number of amides is 1. The molecule has 0 aromatic heterocycles. The SMILES string of the molecule is CCNC(=NCc1ccc(C)cc1SC)NCCCN1CCCC(C(N)=O)C1. The zero-order chi connectivity index (χ0) is 20.4. The molecule has 1 atom stereocenters. The van der Waals surface area contributed by atoms with Crippen LogP contribution in [0.25, 0.3) is 0 Å². The third-order valence-electron chi connectivity index (χ3n) is 5.05. The lowest BCUT2D eigenvalue weighted by atomic mass is 9.97. The Bertz CT molecular complexity index is 664. The molecule has 0 aliphatic carbocycles. The Balaban J connectivity index is 1.81. The molecule has 4 N–H and O–H groups in total. The zero-order valence-electron chi connectivity index (χ0n) is 17.5. The summed E-state index contributed by atoms with van der Waals surface area (Å²) in [6, 6.07) is 6.52. The number of hydrogen-bond donors (Lipinski definition) is 3. The van der Waals surface area contributed by atoms with Gasteiger partial charge in [0.25, 0.3) is 0 Å². The molecule has 1 unspecified atom stereocenters. The molecule has 0 spiro atoms. The number of hydrogen-bond acceptors (Lipinski definition) is 4. The number of carbonyl (C=O) groups excluding carboxylic acids is 1. The Morgan fingerprint density at radius 1 is 1.39 bits per heavy atom. The molecule has 1 aromatic carbocycles. The van der Waals surface area contributed by atoms with Gasteiger partial charge in [-0.25, -0.2) is 4.99 Å². The molecule has 7 heteroatoms. The number of benzene rings is 1. The molecule has 1 saturated heterocycles. The van der Waals surface area contributed by atoms with E-state index in [4.69, 9.17) is 10.7 Å². The van der Waals surface area contributed by atoms with Gasteiger partial charge in [0.2, 0.25) is 5.91 Å². The second kappa shape index (κ2) is 12.0. The summed E-state index contributed by atoms with van der Waals surface area (Å²) in [5, 5.41) is 6.75. The van der Waals surface area contributed by atoms with Gasteiger partial charge in [0.15, 0.2) is 5.96 Å². The maximum atomic E-state index is 11.4. The van der Waals surface area contributed by atoms with Crippen LogP contribution < -0.4 is 16.4 Å². The van der Waals surface area contributed by atoms with Crippen LogP contribution in [0.15, 0.2) is 28.1 Å². The molecule has 28 heavy (non-hydrogen) atoms. The molecular formula is C21H35N5OS. The number of primary amides is 1. The number of rotatable bonds is 9. The fraction of sp³-hybridized carbons (Fsp3) is 0.619. The van der Waals surface area contributed by atoms with Gasteiger partial charge in [0.1, 0.15) is 0 Å². The molecule has 6 nitrogen and oxygen atoms in total. The lowest BCUT2D eigenvalue weighted by Gasteiger charge is -2.31.